The van der Waals surface area contributed by atoms with Gasteiger partial charge >= 0.3 is 0 Å². The van der Waals surface area contributed by atoms with Gasteiger partial charge in [-0.15, -0.1) is 0 Å². The minimum absolute atomic E-state index is 0.0284. The lowest BCUT2D eigenvalue weighted by atomic mass is 10.1. The maximum absolute atomic E-state index is 11.6. The molecule has 0 aliphatic carbocycles. The SMILES string of the molecule is CN1C(=O)COc2cc(-c3cnc(N)nc3N)ccc21.Nc1ccccc1. The van der Waals surface area contributed by atoms with Crippen LogP contribution in [-0.4, -0.2) is 29.5 Å². The van der Waals surface area contributed by atoms with Crippen molar-refractivity contribution in [2.24, 2.45) is 0 Å². The molecule has 1 amide bonds. The fourth-order valence-electron chi connectivity index (χ4n) is 2.53. The number of hydrogen-bond donors (Lipinski definition) is 3. The molecule has 8 nitrogen and oxygen atoms in total. The van der Waals surface area contributed by atoms with Gasteiger partial charge in [0.25, 0.3) is 5.91 Å². The second kappa shape index (κ2) is 7.61. The number of hydrogen-bond acceptors (Lipinski definition) is 7. The maximum atomic E-state index is 11.6. The summed E-state index contributed by atoms with van der Waals surface area (Å²) in [4.78, 5) is 21.0. The van der Waals surface area contributed by atoms with Gasteiger partial charge in [-0.2, -0.15) is 4.98 Å². The minimum Gasteiger partial charge on any atom is -0.482 e. The first-order chi connectivity index (χ1) is 13.0. The number of fused-ring (bicyclic) bond motifs is 1. The van der Waals surface area contributed by atoms with Crippen LogP contribution in [-0.2, 0) is 4.79 Å². The normalized spacial score (nSPS) is 12.5. The predicted molar refractivity (Wildman–Crippen MR) is 106 cm³/mol. The average Bonchev–Trinajstić information content (AvgIpc) is 2.66. The number of para-hydroxylation sites is 1. The number of likely N-dealkylation sites (N-methyl/N-ethyl adjacent to an activating group) is 1. The number of benzene rings is 2. The van der Waals surface area contributed by atoms with Gasteiger partial charge in [-0.25, -0.2) is 4.98 Å². The van der Waals surface area contributed by atoms with Crippen LogP contribution in [0.2, 0.25) is 0 Å². The number of amides is 1. The van der Waals surface area contributed by atoms with E-state index >= 15 is 0 Å². The fourth-order valence-corrected chi connectivity index (χ4v) is 2.53. The Morgan fingerprint density at radius 3 is 2.44 bits per heavy atom. The summed E-state index contributed by atoms with van der Waals surface area (Å²) in [6.45, 7) is 0.0284. The first-order valence-corrected chi connectivity index (χ1v) is 8.18. The van der Waals surface area contributed by atoms with Gasteiger partial charge in [-0.1, -0.05) is 24.3 Å². The van der Waals surface area contributed by atoms with Crippen molar-refractivity contribution in [1.29, 1.82) is 0 Å². The van der Waals surface area contributed by atoms with Crippen molar-refractivity contribution in [1.82, 2.24) is 9.97 Å². The monoisotopic (exact) mass is 364 g/mol. The summed E-state index contributed by atoms with van der Waals surface area (Å²) in [6.07, 6.45) is 1.57. The summed E-state index contributed by atoms with van der Waals surface area (Å²) < 4.78 is 5.43. The number of carbonyl (C=O) groups excluding carboxylic acids is 1. The summed E-state index contributed by atoms with van der Waals surface area (Å²) in [5.41, 5.74) is 19.7. The van der Waals surface area contributed by atoms with E-state index in [1.165, 1.54) is 0 Å². The van der Waals surface area contributed by atoms with Gasteiger partial charge in [-0.3, -0.25) is 4.79 Å². The zero-order valence-corrected chi connectivity index (χ0v) is 14.8. The van der Waals surface area contributed by atoms with E-state index in [2.05, 4.69) is 9.97 Å². The molecule has 2 heterocycles. The van der Waals surface area contributed by atoms with Crippen molar-refractivity contribution in [3.63, 3.8) is 0 Å². The van der Waals surface area contributed by atoms with Gasteiger partial charge < -0.3 is 26.8 Å². The largest absolute Gasteiger partial charge is 0.482 e. The number of nitrogen functional groups attached to an aromatic ring is 3. The van der Waals surface area contributed by atoms with Gasteiger partial charge in [0.2, 0.25) is 5.95 Å². The number of ether oxygens (including phenoxy) is 1. The molecule has 3 aromatic rings. The van der Waals surface area contributed by atoms with Crippen molar-refractivity contribution in [3.8, 4) is 16.9 Å². The lowest BCUT2D eigenvalue weighted by Gasteiger charge is -2.26. The molecule has 1 aliphatic heterocycles. The molecule has 0 bridgehead atoms. The second-order valence-electron chi connectivity index (χ2n) is 5.86. The summed E-state index contributed by atoms with van der Waals surface area (Å²) >= 11 is 0. The topological polar surface area (TPSA) is 133 Å². The van der Waals surface area contributed by atoms with Crippen LogP contribution >= 0.6 is 0 Å². The highest BCUT2D eigenvalue weighted by atomic mass is 16.5. The Bertz CT molecular complexity index is 962. The number of rotatable bonds is 1. The van der Waals surface area contributed by atoms with Crippen molar-refractivity contribution >= 4 is 29.0 Å². The molecule has 0 saturated carbocycles. The van der Waals surface area contributed by atoms with E-state index in [0.29, 0.717) is 17.1 Å². The third kappa shape index (κ3) is 4.06. The fraction of sp³-hybridized carbons (Fsp3) is 0.105. The molecule has 6 N–H and O–H groups in total. The molecule has 1 aliphatic rings. The van der Waals surface area contributed by atoms with Gasteiger partial charge in [-0.05, 0) is 29.8 Å². The van der Waals surface area contributed by atoms with E-state index in [-0.39, 0.29) is 18.5 Å². The summed E-state index contributed by atoms with van der Waals surface area (Å²) in [5, 5.41) is 0. The molecule has 0 atom stereocenters. The summed E-state index contributed by atoms with van der Waals surface area (Å²) in [7, 11) is 1.71. The third-order valence-corrected chi connectivity index (χ3v) is 3.99. The molecule has 8 heteroatoms. The standard InChI is InChI=1S/C13H13N5O2.C6H7N/c1-18-9-3-2-7(4-10(9)20-6-11(18)19)8-5-16-13(15)17-12(8)14;7-6-4-2-1-3-5-6/h2-5H,6H2,1H3,(H4,14,15,16,17);1-5H,7H2. The second-order valence-corrected chi connectivity index (χ2v) is 5.86. The quantitative estimate of drug-likeness (QED) is 0.562. The highest BCUT2D eigenvalue weighted by Crippen LogP contribution is 2.36. The molecule has 4 rings (SSSR count). The van der Waals surface area contributed by atoms with Crippen LogP contribution in [0.5, 0.6) is 5.75 Å². The molecule has 0 saturated heterocycles. The number of nitrogens with two attached hydrogens (primary N) is 3. The van der Waals surface area contributed by atoms with Gasteiger partial charge in [0.05, 0.1) is 5.69 Å². The zero-order chi connectivity index (χ0) is 19.4. The number of carbonyl (C=O) groups is 1. The van der Waals surface area contributed by atoms with Crippen LogP contribution in [0, 0.1) is 0 Å². The Hall–Kier alpha value is -3.81. The molecule has 2 aromatic carbocycles. The zero-order valence-electron chi connectivity index (χ0n) is 14.8. The minimum atomic E-state index is -0.0828. The summed E-state index contributed by atoms with van der Waals surface area (Å²) in [6, 6.07) is 14.9. The lowest BCUT2D eigenvalue weighted by Crippen LogP contribution is -2.35. The van der Waals surface area contributed by atoms with Crippen LogP contribution in [0.3, 0.4) is 0 Å². The molecule has 0 fully saturated rings. The Morgan fingerprint density at radius 1 is 1.07 bits per heavy atom. The molecule has 27 heavy (non-hydrogen) atoms. The van der Waals surface area contributed by atoms with E-state index < -0.39 is 0 Å². The van der Waals surface area contributed by atoms with Crippen molar-refractivity contribution in [2.75, 3.05) is 35.8 Å². The number of nitrogens with zero attached hydrogens (tertiary/aromatic N) is 3. The van der Waals surface area contributed by atoms with Gasteiger partial charge in [0.15, 0.2) is 6.61 Å². The molecule has 0 spiro atoms. The highest BCUT2D eigenvalue weighted by molar-refractivity contribution is 5.98. The van der Waals surface area contributed by atoms with Crippen LogP contribution in [0.15, 0.2) is 54.7 Å². The van der Waals surface area contributed by atoms with Crippen molar-refractivity contribution in [3.05, 3.63) is 54.7 Å². The van der Waals surface area contributed by atoms with Gasteiger partial charge in [0.1, 0.15) is 11.6 Å². The summed E-state index contributed by atoms with van der Waals surface area (Å²) in [5.74, 6) is 0.977. The smallest absolute Gasteiger partial charge is 0.264 e. The van der Waals surface area contributed by atoms with Crippen LogP contribution < -0.4 is 26.8 Å². The average molecular weight is 364 g/mol. The van der Waals surface area contributed by atoms with E-state index in [0.717, 1.165) is 16.9 Å². The number of aromatic nitrogens is 2. The van der Waals surface area contributed by atoms with E-state index in [4.69, 9.17) is 21.9 Å². The van der Waals surface area contributed by atoms with E-state index in [1.54, 1.807) is 24.2 Å². The Morgan fingerprint density at radius 2 is 1.81 bits per heavy atom. The third-order valence-electron chi connectivity index (χ3n) is 3.99. The highest BCUT2D eigenvalue weighted by Gasteiger charge is 2.22. The lowest BCUT2D eigenvalue weighted by molar-refractivity contribution is -0.120. The molecule has 138 valence electrons. The van der Waals surface area contributed by atoms with Crippen LogP contribution in [0.4, 0.5) is 23.1 Å². The maximum Gasteiger partial charge on any atom is 0.264 e. The molecular formula is C19H20N6O2. The molecule has 0 radical (unpaired) electrons. The van der Waals surface area contributed by atoms with Crippen LogP contribution in [0.25, 0.3) is 11.1 Å². The predicted octanol–water partition coefficient (Wildman–Crippen LogP) is 1.93. The van der Waals surface area contributed by atoms with Crippen molar-refractivity contribution in [2.45, 2.75) is 0 Å². The molecule has 1 aromatic heterocycles. The number of anilines is 4. The van der Waals surface area contributed by atoms with Crippen LogP contribution in [0.1, 0.15) is 0 Å². The molecular weight excluding hydrogens is 344 g/mol. The first kappa shape index (κ1) is 18.0. The Labute approximate surface area is 156 Å². The van der Waals surface area contributed by atoms with E-state index in [1.807, 2.05) is 42.5 Å². The first-order valence-electron chi connectivity index (χ1n) is 8.18. The Balaban J connectivity index is 0.000000253. The van der Waals surface area contributed by atoms with Crippen molar-refractivity contribution < 1.29 is 9.53 Å². The Kier molecular flexibility index (Phi) is 5.07. The molecule has 0 unspecified atom stereocenters. The van der Waals surface area contributed by atoms with Gasteiger partial charge in [0, 0.05) is 24.5 Å². The van der Waals surface area contributed by atoms with E-state index in [9.17, 15) is 4.79 Å².